The summed E-state index contributed by atoms with van der Waals surface area (Å²) in [5.74, 6) is -0.00109. The number of pyridine rings is 1. The van der Waals surface area contributed by atoms with Gasteiger partial charge in [-0.3, -0.25) is 14.3 Å². The summed E-state index contributed by atoms with van der Waals surface area (Å²) in [7, 11) is 0. The molecular formula is C20H17N5O3. The van der Waals surface area contributed by atoms with Gasteiger partial charge in [0.1, 0.15) is 5.82 Å². The second kappa shape index (κ2) is 6.49. The van der Waals surface area contributed by atoms with E-state index in [4.69, 9.17) is 4.42 Å². The first kappa shape index (κ1) is 16.5. The molecule has 1 amide bonds. The number of aromatic nitrogens is 4. The molecule has 0 spiro atoms. The number of amides is 1. The molecule has 28 heavy (non-hydrogen) atoms. The van der Waals surface area contributed by atoms with Crippen LogP contribution in [0.3, 0.4) is 0 Å². The SMILES string of the molecule is O=C1CC(Cn2c(=O)oc3ccccc32)c2cnn(Cc3cccnc3)c2N1. The maximum atomic E-state index is 12.3. The molecule has 1 aliphatic heterocycles. The Bertz CT molecular complexity index is 1220. The number of oxazole rings is 1. The van der Waals surface area contributed by atoms with E-state index in [9.17, 15) is 9.59 Å². The van der Waals surface area contributed by atoms with E-state index >= 15 is 0 Å². The van der Waals surface area contributed by atoms with Crippen LogP contribution in [0.15, 0.2) is 64.2 Å². The smallest absolute Gasteiger partial charge is 0.408 e. The van der Waals surface area contributed by atoms with Crippen LogP contribution in [0.5, 0.6) is 0 Å². The molecule has 3 aromatic heterocycles. The topological polar surface area (TPSA) is 95.0 Å². The van der Waals surface area contributed by atoms with Gasteiger partial charge < -0.3 is 9.73 Å². The van der Waals surface area contributed by atoms with Crippen LogP contribution >= 0.6 is 0 Å². The van der Waals surface area contributed by atoms with Crippen LogP contribution in [0.4, 0.5) is 5.82 Å². The third-order valence-corrected chi connectivity index (χ3v) is 5.03. The van der Waals surface area contributed by atoms with Gasteiger partial charge >= 0.3 is 5.76 Å². The second-order valence-corrected chi connectivity index (χ2v) is 6.86. The number of nitrogens with zero attached hydrogens (tertiary/aromatic N) is 4. The van der Waals surface area contributed by atoms with Crippen molar-refractivity contribution in [2.75, 3.05) is 5.32 Å². The highest BCUT2D eigenvalue weighted by molar-refractivity contribution is 5.93. The summed E-state index contributed by atoms with van der Waals surface area (Å²) in [6.07, 6.45) is 5.54. The second-order valence-electron chi connectivity index (χ2n) is 6.86. The average molecular weight is 375 g/mol. The van der Waals surface area contributed by atoms with Crippen molar-refractivity contribution in [3.05, 3.63) is 76.7 Å². The number of carbonyl (C=O) groups excluding carboxylic acids is 1. The van der Waals surface area contributed by atoms with Crippen LogP contribution < -0.4 is 11.1 Å². The number of para-hydroxylation sites is 2. The molecule has 8 heteroatoms. The fourth-order valence-corrected chi connectivity index (χ4v) is 3.71. The van der Waals surface area contributed by atoms with E-state index in [1.165, 1.54) is 0 Å². The fraction of sp³-hybridized carbons (Fsp3) is 0.200. The standard InChI is InChI=1S/C20H17N5O3/c26-18-8-14(12-24-16-5-1-2-6-17(16)28-20(24)27)15-10-22-25(19(15)23-18)11-13-4-3-7-21-9-13/h1-7,9-10,14H,8,11-12H2,(H,23,26). The number of fused-ring (bicyclic) bond motifs is 2. The van der Waals surface area contributed by atoms with Gasteiger partial charge in [0, 0.05) is 36.8 Å². The predicted molar refractivity (Wildman–Crippen MR) is 102 cm³/mol. The van der Waals surface area contributed by atoms with E-state index in [0.29, 0.717) is 24.5 Å². The summed E-state index contributed by atoms with van der Waals surface area (Å²) in [4.78, 5) is 28.8. The monoisotopic (exact) mass is 375 g/mol. The van der Waals surface area contributed by atoms with Gasteiger partial charge in [-0.15, -0.1) is 0 Å². The van der Waals surface area contributed by atoms with E-state index < -0.39 is 5.76 Å². The Labute approximate surface area is 159 Å². The van der Waals surface area contributed by atoms with Crippen molar-refractivity contribution in [1.29, 1.82) is 0 Å². The molecule has 1 aromatic carbocycles. The van der Waals surface area contributed by atoms with E-state index in [-0.39, 0.29) is 18.2 Å². The zero-order valence-electron chi connectivity index (χ0n) is 14.9. The Morgan fingerprint density at radius 2 is 2.04 bits per heavy atom. The van der Waals surface area contributed by atoms with Crippen LogP contribution in [-0.4, -0.2) is 25.2 Å². The van der Waals surface area contributed by atoms with Gasteiger partial charge in [0.05, 0.1) is 18.3 Å². The molecule has 8 nitrogen and oxygen atoms in total. The Balaban J connectivity index is 1.50. The van der Waals surface area contributed by atoms with Crippen molar-refractivity contribution < 1.29 is 9.21 Å². The lowest BCUT2D eigenvalue weighted by Crippen LogP contribution is -2.28. The molecule has 4 aromatic rings. The lowest BCUT2D eigenvalue weighted by atomic mass is 9.94. The van der Waals surface area contributed by atoms with E-state index in [0.717, 1.165) is 16.6 Å². The number of anilines is 1. The molecule has 4 heterocycles. The minimum absolute atomic E-state index is 0.0914. The van der Waals surface area contributed by atoms with Gasteiger partial charge in [-0.05, 0) is 23.8 Å². The molecule has 0 saturated carbocycles. The molecule has 0 radical (unpaired) electrons. The Morgan fingerprint density at radius 3 is 2.89 bits per heavy atom. The minimum atomic E-state index is -0.420. The van der Waals surface area contributed by atoms with Crippen LogP contribution in [0, 0.1) is 0 Å². The summed E-state index contributed by atoms with van der Waals surface area (Å²) in [6.45, 7) is 0.861. The summed E-state index contributed by atoms with van der Waals surface area (Å²) < 4.78 is 8.66. The van der Waals surface area contributed by atoms with Crippen LogP contribution in [-0.2, 0) is 17.9 Å². The highest BCUT2D eigenvalue weighted by atomic mass is 16.4. The van der Waals surface area contributed by atoms with Crippen molar-refractivity contribution in [2.45, 2.75) is 25.4 Å². The molecular weight excluding hydrogens is 358 g/mol. The third kappa shape index (κ3) is 2.79. The van der Waals surface area contributed by atoms with Crippen molar-refractivity contribution in [3.63, 3.8) is 0 Å². The maximum Gasteiger partial charge on any atom is 0.419 e. The van der Waals surface area contributed by atoms with E-state index in [1.54, 1.807) is 33.9 Å². The molecule has 1 unspecified atom stereocenters. The van der Waals surface area contributed by atoms with Gasteiger partial charge in [-0.25, -0.2) is 9.48 Å². The molecule has 1 atom stereocenters. The van der Waals surface area contributed by atoms with Crippen molar-refractivity contribution in [3.8, 4) is 0 Å². The molecule has 140 valence electrons. The summed E-state index contributed by atoms with van der Waals surface area (Å²) in [5.41, 5.74) is 3.17. The molecule has 0 bridgehead atoms. The Hall–Kier alpha value is -3.68. The number of hydrogen-bond acceptors (Lipinski definition) is 5. The largest absolute Gasteiger partial charge is 0.419 e. The van der Waals surface area contributed by atoms with Gasteiger partial charge in [0.2, 0.25) is 5.91 Å². The van der Waals surface area contributed by atoms with Gasteiger partial charge in [-0.1, -0.05) is 18.2 Å². The van der Waals surface area contributed by atoms with Crippen molar-refractivity contribution in [1.82, 2.24) is 19.3 Å². The van der Waals surface area contributed by atoms with Crippen LogP contribution in [0.2, 0.25) is 0 Å². The Morgan fingerprint density at radius 1 is 1.14 bits per heavy atom. The lowest BCUT2D eigenvalue weighted by molar-refractivity contribution is -0.117. The van der Waals surface area contributed by atoms with Gasteiger partial charge in [0.15, 0.2) is 5.58 Å². The van der Waals surface area contributed by atoms with Crippen LogP contribution in [0.1, 0.15) is 23.5 Å². The Kier molecular flexibility index (Phi) is 3.82. The molecule has 0 saturated heterocycles. The lowest BCUT2D eigenvalue weighted by Gasteiger charge is -2.23. The zero-order chi connectivity index (χ0) is 19.1. The van der Waals surface area contributed by atoms with Gasteiger partial charge in [0.25, 0.3) is 0 Å². The normalized spacial score (nSPS) is 16.1. The van der Waals surface area contributed by atoms with E-state index in [1.807, 2.05) is 30.3 Å². The first-order valence-electron chi connectivity index (χ1n) is 9.02. The molecule has 1 N–H and O–H groups in total. The highest BCUT2D eigenvalue weighted by Crippen LogP contribution is 2.34. The number of benzene rings is 1. The maximum absolute atomic E-state index is 12.3. The fourth-order valence-electron chi connectivity index (χ4n) is 3.71. The third-order valence-electron chi connectivity index (χ3n) is 5.03. The molecule has 5 rings (SSSR count). The molecule has 0 aliphatic carbocycles. The van der Waals surface area contributed by atoms with Crippen LogP contribution in [0.25, 0.3) is 11.1 Å². The average Bonchev–Trinajstić information content (AvgIpc) is 3.24. The summed E-state index contributed by atoms with van der Waals surface area (Å²) in [5, 5.41) is 7.38. The predicted octanol–water partition coefficient (Wildman–Crippen LogP) is 2.36. The first-order valence-corrected chi connectivity index (χ1v) is 9.02. The van der Waals surface area contributed by atoms with Crippen molar-refractivity contribution >= 4 is 22.8 Å². The summed E-state index contributed by atoms with van der Waals surface area (Å²) in [6, 6.07) is 11.1. The number of hydrogen-bond donors (Lipinski definition) is 1. The molecule has 1 aliphatic rings. The quantitative estimate of drug-likeness (QED) is 0.591. The minimum Gasteiger partial charge on any atom is -0.408 e. The van der Waals surface area contributed by atoms with Gasteiger partial charge in [-0.2, -0.15) is 5.10 Å². The number of nitrogens with one attached hydrogen (secondary N) is 1. The van der Waals surface area contributed by atoms with E-state index in [2.05, 4.69) is 15.4 Å². The number of carbonyl (C=O) groups is 1. The van der Waals surface area contributed by atoms with Crippen molar-refractivity contribution in [2.24, 2.45) is 0 Å². The number of rotatable bonds is 4. The summed E-state index contributed by atoms with van der Waals surface area (Å²) >= 11 is 0. The zero-order valence-corrected chi connectivity index (χ0v) is 14.9. The first-order chi connectivity index (χ1) is 13.7. The molecule has 0 fully saturated rings. The highest BCUT2D eigenvalue weighted by Gasteiger charge is 2.30.